The molecular weight excluding hydrogens is 426 g/mol. The number of nitrogens with zero attached hydrogens (tertiary/aromatic N) is 3. The van der Waals surface area contributed by atoms with Gasteiger partial charge in [-0.15, -0.1) is 0 Å². The molecule has 0 unspecified atom stereocenters. The van der Waals surface area contributed by atoms with Crippen molar-refractivity contribution < 1.29 is 18.0 Å². The Labute approximate surface area is 183 Å². The summed E-state index contributed by atoms with van der Waals surface area (Å²) in [6.45, 7) is 3.89. The Kier molecular flexibility index (Phi) is 6.60. The molecule has 4 rings (SSSR count). The number of oxazole rings is 1. The van der Waals surface area contributed by atoms with Crippen LogP contribution >= 0.6 is 11.6 Å². The fourth-order valence-electron chi connectivity index (χ4n) is 3.40. The summed E-state index contributed by atoms with van der Waals surface area (Å²) in [7, 11) is 0. The number of carbonyl (C=O) groups excluding carboxylic acids is 1. The van der Waals surface area contributed by atoms with Crippen molar-refractivity contribution in [2.45, 2.75) is 13.1 Å². The van der Waals surface area contributed by atoms with Crippen LogP contribution in [0, 0.1) is 11.6 Å². The highest BCUT2D eigenvalue weighted by molar-refractivity contribution is 6.30. The number of hydrogen-bond acceptors (Lipinski definition) is 5. The number of anilines is 1. The fraction of sp³-hybridized carbons (Fsp3) is 0.273. The van der Waals surface area contributed by atoms with Gasteiger partial charge in [0.05, 0.1) is 6.54 Å². The summed E-state index contributed by atoms with van der Waals surface area (Å²) in [5, 5.41) is 3.33. The largest absolute Gasteiger partial charge is 0.447 e. The summed E-state index contributed by atoms with van der Waals surface area (Å²) in [5.74, 6) is -0.993. The molecule has 1 saturated heterocycles. The second-order valence-corrected chi connectivity index (χ2v) is 7.81. The average molecular weight is 447 g/mol. The molecule has 1 aliphatic heterocycles. The standard InChI is InChI=1S/C22H21ClF2N4O2/c23-16-2-5-18(6-3-16)26-22(30)20-14-31-21(27-20)13-29-9-7-28(8-10-29)12-15-1-4-17(24)11-19(15)25/h1-6,11,14H,7-10,12-13H2,(H,26,30). The van der Waals surface area contributed by atoms with Crippen LogP contribution in [0.4, 0.5) is 14.5 Å². The predicted octanol–water partition coefficient (Wildman–Crippen LogP) is 4.18. The molecule has 162 valence electrons. The van der Waals surface area contributed by atoms with Crippen molar-refractivity contribution in [2.75, 3.05) is 31.5 Å². The molecule has 31 heavy (non-hydrogen) atoms. The molecule has 0 spiro atoms. The lowest BCUT2D eigenvalue weighted by Gasteiger charge is -2.34. The van der Waals surface area contributed by atoms with Gasteiger partial charge in [-0.1, -0.05) is 17.7 Å². The summed E-state index contributed by atoms with van der Waals surface area (Å²) in [4.78, 5) is 20.9. The zero-order valence-electron chi connectivity index (χ0n) is 16.7. The highest BCUT2D eigenvalue weighted by Crippen LogP contribution is 2.17. The number of benzene rings is 2. The van der Waals surface area contributed by atoms with Crippen LogP contribution in [-0.2, 0) is 13.1 Å². The maximum Gasteiger partial charge on any atom is 0.277 e. The van der Waals surface area contributed by atoms with Gasteiger partial charge in [0, 0.05) is 55.1 Å². The van der Waals surface area contributed by atoms with Gasteiger partial charge in [0.2, 0.25) is 5.89 Å². The van der Waals surface area contributed by atoms with Gasteiger partial charge in [-0.3, -0.25) is 14.6 Å². The first-order valence-electron chi connectivity index (χ1n) is 9.86. The van der Waals surface area contributed by atoms with Crippen molar-refractivity contribution in [1.82, 2.24) is 14.8 Å². The van der Waals surface area contributed by atoms with Crippen LogP contribution in [0.1, 0.15) is 21.9 Å². The molecule has 0 bridgehead atoms. The normalized spacial score (nSPS) is 15.2. The quantitative estimate of drug-likeness (QED) is 0.615. The summed E-state index contributed by atoms with van der Waals surface area (Å²) in [5.41, 5.74) is 1.31. The van der Waals surface area contributed by atoms with Crippen LogP contribution < -0.4 is 5.32 Å². The Morgan fingerprint density at radius 2 is 1.71 bits per heavy atom. The number of aromatic nitrogens is 1. The average Bonchev–Trinajstić information content (AvgIpc) is 3.22. The first-order valence-corrected chi connectivity index (χ1v) is 10.2. The lowest BCUT2D eigenvalue weighted by atomic mass is 10.2. The van der Waals surface area contributed by atoms with E-state index in [1.54, 1.807) is 24.3 Å². The Balaban J connectivity index is 1.26. The SMILES string of the molecule is O=C(Nc1ccc(Cl)cc1)c1coc(CN2CCN(Cc3ccc(F)cc3F)CC2)n1. The molecule has 9 heteroatoms. The Bertz CT molecular complexity index is 1050. The van der Waals surface area contributed by atoms with Gasteiger partial charge in [-0.25, -0.2) is 13.8 Å². The summed E-state index contributed by atoms with van der Waals surface area (Å²) >= 11 is 5.85. The molecule has 2 heterocycles. The van der Waals surface area contributed by atoms with E-state index >= 15 is 0 Å². The maximum atomic E-state index is 13.9. The van der Waals surface area contributed by atoms with Crippen molar-refractivity contribution in [2.24, 2.45) is 0 Å². The molecule has 0 aliphatic carbocycles. The molecule has 0 radical (unpaired) electrons. The third-order valence-corrected chi connectivity index (χ3v) is 5.37. The smallest absolute Gasteiger partial charge is 0.277 e. The molecule has 0 saturated carbocycles. The molecule has 1 fully saturated rings. The van der Waals surface area contributed by atoms with Crippen LogP contribution in [0.15, 0.2) is 53.1 Å². The van der Waals surface area contributed by atoms with E-state index in [1.165, 1.54) is 18.4 Å². The molecule has 1 aliphatic rings. The third-order valence-electron chi connectivity index (χ3n) is 5.12. The van der Waals surface area contributed by atoms with Crippen LogP contribution in [0.2, 0.25) is 5.02 Å². The van der Waals surface area contributed by atoms with Gasteiger partial charge < -0.3 is 9.73 Å². The molecule has 0 atom stereocenters. The van der Waals surface area contributed by atoms with Crippen molar-refractivity contribution >= 4 is 23.2 Å². The van der Waals surface area contributed by atoms with Crippen LogP contribution in [0.5, 0.6) is 0 Å². The number of carbonyl (C=O) groups is 1. The maximum absolute atomic E-state index is 13.9. The molecule has 1 aromatic heterocycles. The molecular formula is C22H21ClF2N4O2. The minimum atomic E-state index is -0.571. The van der Waals surface area contributed by atoms with Crippen LogP contribution in [0.3, 0.4) is 0 Å². The second-order valence-electron chi connectivity index (χ2n) is 7.38. The highest BCUT2D eigenvalue weighted by atomic mass is 35.5. The van der Waals surface area contributed by atoms with E-state index in [-0.39, 0.29) is 11.6 Å². The van der Waals surface area contributed by atoms with E-state index in [9.17, 15) is 13.6 Å². The number of hydrogen-bond donors (Lipinski definition) is 1. The number of amides is 1. The Morgan fingerprint density at radius 3 is 2.39 bits per heavy atom. The molecule has 3 aromatic rings. The first-order chi connectivity index (χ1) is 15.0. The molecule has 2 aromatic carbocycles. The van der Waals surface area contributed by atoms with Crippen molar-refractivity contribution in [3.63, 3.8) is 0 Å². The summed E-state index contributed by atoms with van der Waals surface area (Å²) in [6, 6.07) is 10.5. The van der Waals surface area contributed by atoms with Gasteiger partial charge in [-0.2, -0.15) is 0 Å². The lowest BCUT2D eigenvalue weighted by molar-refractivity contribution is 0.102. The van der Waals surface area contributed by atoms with Gasteiger partial charge in [-0.05, 0) is 30.3 Å². The number of rotatable bonds is 6. The van der Waals surface area contributed by atoms with Gasteiger partial charge in [0.15, 0.2) is 5.69 Å². The zero-order chi connectivity index (χ0) is 21.8. The van der Waals surface area contributed by atoms with E-state index in [2.05, 4.69) is 20.1 Å². The second kappa shape index (κ2) is 9.55. The van der Waals surface area contributed by atoms with Crippen LogP contribution in [0.25, 0.3) is 0 Å². The molecule has 6 nitrogen and oxygen atoms in total. The topological polar surface area (TPSA) is 61.6 Å². The van der Waals surface area contributed by atoms with Gasteiger partial charge >= 0.3 is 0 Å². The van der Waals surface area contributed by atoms with Crippen molar-refractivity contribution in [3.8, 4) is 0 Å². The van der Waals surface area contributed by atoms with E-state index in [4.69, 9.17) is 16.0 Å². The number of piperazine rings is 1. The Morgan fingerprint density at radius 1 is 1.03 bits per heavy atom. The van der Waals surface area contributed by atoms with Gasteiger partial charge in [0.25, 0.3) is 5.91 Å². The first kappa shape index (κ1) is 21.4. The van der Waals surface area contributed by atoms with Crippen molar-refractivity contribution in [1.29, 1.82) is 0 Å². The number of halogens is 3. The number of nitrogens with one attached hydrogen (secondary N) is 1. The van der Waals surface area contributed by atoms with E-state index < -0.39 is 11.6 Å². The van der Waals surface area contributed by atoms with Gasteiger partial charge in [0.1, 0.15) is 17.9 Å². The summed E-state index contributed by atoms with van der Waals surface area (Å²) in [6.07, 6.45) is 1.34. The highest BCUT2D eigenvalue weighted by Gasteiger charge is 2.21. The zero-order valence-corrected chi connectivity index (χ0v) is 17.4. The minimum Gasteiger partial charge on any atom is -0.447 e. The van der Waals surface area contributed by atoms with Crippen molar-refractivity contribution in [3.05, 3.63) is 82.5 Å². The molecule has 1 amide bonds. The van der Waals surface area contributed by atoms with E-state index in [0.717, 1.165) is 32.2 Å². The fourth-order valence-corrected chi connectivity index (χ4v) is 3.53. The predicted molar refractivity (Wildman–Crippen MR) is 113 cm³/mol. The van der Waals surface area contributed by atoms with E-state index in [1.807, 2.05) is 0 Å². The summed E-state index contributed by atoms with van der Waals surface area (Å²) < 4.78 is 32.4. The van der Waals surface area contributed by atoms with E-state index in [0.29, 0.717) is 35.3 Å². The third kappa shape index (κ3) is 5.66. The Hall–Kier alpha value is -2.81. The molecule has 1 N–H and O–H groups in total. The lowest BCUT2D eigenvalue weighted by Crippen LogP contribution is -2.45. The minimum absolute atomic E-state index is 0.204. The monoisotopic (exact) mass is 446 g/mol. The van der Waals surface area contributed by atoms with Crippen LogP contribution in [-0.4, -0.2) is 46.9 Å².